The predicted molar refractivity (Wildman–Crippen MR) is 114 cm³/mol. The van der Waals surface area contributed by atoms with Crippen LogP contribution in [0.4, 0.5) is 0 Å². The Balaban J connectivity index is 1.48. The first-order valence-electron chi connectivity index (χ1n) is 9.99. The van der Waals surface area contributed by atoms with Gasteiger partial charge in [-0.2, -0.15) is 0 Å². The third-order valence-electron chi connectivity index (χ3n) is 5.12. The number of aryl methyl sites for hydroxylation is 1. The Hall–Kier alpha value is -2.89. The van der Waals surface area contributed by atoms with Crippen molar-refractivity contribution in [1.29, 1.82) is 0 Å². The summed E-state index contributed by atoms with van der Waals surface area (Å²) in [6.45, 7) is 7.13. The van der Waals surface area contributed by atoms with E-state index in [9.17, 15) is 5.11 Å². The number of phenolic OH excluding ortho intramolecular Hbond substituents is 1. The minimum Gasteiger partial charge on any atom is -0.508 e. The molecule has 0 atom stereocenters. The largest absolute Gasteiger partial charge is 0.508 e. The molecular formula is C24H26N2O3. The number of pyridine rings is 1. The van der Waals surface area contributed by atoms with Gasteiger partial charge in [0.1, 0.15) is 18.1 Å². The van der Waals surface area contributed by atoms with Gasteiger partial charge in [-0.1, -0.05) is 18.2 Å². The van der Waals surface area contributed by atoms with E-state index in [2.05, 4.69) is 23.1 Å². The average Bonchev–Trinajstić information content (AvgIpc) is 2.76. The van der Waals surface area contributed by atoms with Crippen LogP contribution >= 0.6 is 0 Å². The predicted octanol–water partition coefficient (Wildman–Crippen LogP) is 4.14. The van der Waals surface area contributed by atoms with Gasteiger partial charge in [-0.15, -0.1) is 0 Å². The zero-order valence-corrected chi connectivity index (χ0v) is 16.7. The molecule has 1 aromatic heterocycles. The second-order valence-electron chi connectivity index (χ2n) is 7.22. The standard InChI is InChI=1S/C24H26N2O3/c1-18-2-11-23(19-3-7-21(27)8-4-19)24(25-18)20-5-9-22(10-6-20)29-17-14-26-12-15-28-16-13-26/h2-11,27H,12-17H2,1H3. The lowest BCUT2D eigenvalue weighted by Gasteiger charge is -2.26. The minimum atomic E-state index is 0.258. The van der Waals surface area contributed by atoms with Gasteiger partial charge >= 0.3 is 0 Å². The van der Waals surface area contributed by atoms with Crippen molar-refractivity contribution in [3.63, 3.8) is 0 Å². The van der Waals surface area contributed by atoms with Crippen molar-refractivity contribution in [2.24, 2.45) is 0 Å². The Morgan fingerprint density at radius 1 is 0.931 bits per heavy atom. The molecule has 2 heterocycles. The van der Waals surface area contributed by atoms with E-state index in [4.69, 9.17) is 14.5 Å². The van der Waals surface area contributed by atoms with E-state index in [1.165, 1.54) is 0 Å². The van der Waals surface area contributed by atoms with Gasteiger partial charge in [0.05, 0.1) is 18.9 Å². The van der Waals surface area contributed by atoms with Crippen LogP contribution in [0.5, 0.6) is 11.5 Å². The van der Waals surface area contributed by atoms with Crippen LogP contribution in [-0.4, -0.2) is 54.4 Å². The summed E-state index contributed by atoms with van der Waals surface area (Å²) in [6.07, 6.45) is 0. The summed E-state index contributed by atoms with van der Waals surface area (Å²) in [6, 6.07) is 19.4. The van der Waals surface area contributed by atoms with E-state index in [0.717, 1.165) is 66.7 Å². The molecule has 1 aliphatic rings. The highest BCUT2D eigenvalue weighted by Crippen LogP contribution is 2.32. The maximum atomic E-state index is 9.58. The van der Waals surface area contributed by atoms with Crippen molar-refractivity contribution in [2.75, 3.05) is 39.5 Å². The highest BCUT2D eigenvalue weighted by molar-refractivity contribution is 5.81. The van der Waals surface area contributed by atoms with Crippen LogP contribution in [0.1, 0.15) is 5.69 Å². The summed E-state index contributed by atoms with van der Waals surface area (Å²) in [4.78, 5) is 7.13. The molecule has 4 rings (SSSR count). The fraction of sp³-hybridized carbons (Fsp3) is 0.292. The Kier molecular flexibility index (Phi) is 6.08. The quantitative estimate of drug-likeness (QED) is 0.686. The van der Waals surface area contributed by atoms with Gasteiger partial charge in [-0.25, -0.2) is 0 Å². The zero-order valence-electron chi connectivity index (χ0n) is 16.7. The molecule has 1 aliphatic heterocycles. The topological polar surface area (TPSA) is 54.8 Å². The van der Waals surface area contributed by atoms with Gasteiger partial charge in [-0.05, 0) is 55.0 Å². The second-order valence-corrected chi connectivity index (χ2v) is 7.22. The summed E-state index contributed by atoms with van der Waals surface area (Å²) >= 11 is 0. The van der Waals surface area contributed by atoms with Gasteiger partial charge in [0, 0.05) is 36.5 Å². The number of hydrogen-bond donors (Lipinski definition) is 1. The van der Waals surface area contributed by atoms with Crippen molar-refractivity contribution in [3.05, 3.63) is 66.4 Å². The normalized spacial score (nSPS) is 14.7. The number of phenols is 1. The molecule has 0 saturated carbocycles. The lowest BCUT2D eigenvalue weighted by atomic mass is 9.99. The van der Waals surface area contributed by atoms with Crippen molar-refractivity contribution in [1.82, 2.24) is 9.88 Å². The molecule has 0 unspecified atom stereocenters. The summed E-state index contributed by atoms with van der Waals surface area (Å²) < 4.78 is 11.3. The van der Waals surface area contributed by atoms with Gasteiger partial charge in [0.15, 0.2) is 0 Å². The fourth-order valence-electron chi connectivity index (χ4n) is 3.48. The van der Waals surface area contributed by atoms with Crippen molar-refractivity contribution < 1.29 is 14.6 Å². The van der Waals surface area contributed by atoms with E-state index >= 15 is 0 Å². The van der Waals surface area contributed by atoms with Gasteiger partial charge in [-0.3, -0.25) is 9.88 Å². The first kappa shape index (κ1) is 19.4. The van der Waals surface area contributed by atoms with Crippen molar-refractivity contribution in [2.45, 2.75) is 6.92 Å². The summed E-state index contributed by atoms with van der Waals surface area (Å²) in [5, 5.41) is 9.58. The van der Waals surface area contributed by atoms with E-state index in [-0.39, 0.29) is 5.75 Å². The molecule has 29 heavy (non-hydrogen) atoms. The van der Waals surface area contributed by atoms with Crippen LogP contribution in [0.15, 0.2) is 60.7 Å². The van der Waals surface area contributed by atoms with Crippen LogP contribution in [0.3, 0.4) is 0 Å². The molecular weight excluding hydrogens is 364 g/mol. The van der Waals surface area contributed by atoms with Crippen LogP contribution in [0.25, 0.3) is 22.4 Å². The number of rotatable bonds is 6. The number of aromatic hydroxyl groups is 1. The number of ether oxygens (including phenoxy) is 2. The third kappa shape index (κ3) is 4.94. The summed E-state index contributed by atoms with van der Waals surface area (Å²) in [5.41, 5.74) is 4.99. The maximum Gasteiger partial charge on any atom is 0.119 e. The van der Waals surface area contributed by atoms with Crippen LogP contribution < -0.4 is 4.74 Å². The maximum absolute atomic E-state index is 9.58. The highest BCUT2D eigenvalue weighted by Gasteiger charge is 2.11. The highest BCUT2D eigenvalue weighted by atomic mass is 16.5. The van der Waals surface area contributed by atoms with Gasteiger partial charge < -0.3 is 14.6 Å². The summed E-state index contributed by atoms with van der Waals surface area (Å²) in [7, 11) is 0. The molecule has 1 fully saturated rings. The van der Waals surface area contributed by atoms with Crippen LogP contribution in [0, 0.1) is 6.92 Å². The zero-order chi connectivity index (χ0) is 20.1. The molecule has 150 valence electrons. The number of morpholine rings is 1. The number of hydrogen-bond acceptors (Lipinski definition) is 5. The Labute approximate surface area is 171 Å². The molecule has 0 amide bonds. The molecule has 0 aliphatic carbocycles. The Morgan fingerprint density at radius 2 is 1.62 bits per heavy atom. The lowest BCUT2D eigenvalue weighted by molar-refractivity contribution is 0.0322. The summed E-state index contributed by atoms with van der Waals surface area (Å²) in [5.74, 6) is 1.12. The average molecular weight is 390 g/mol. The SMILES string of the molecule is Cc1ccc(-c2ccc(O)cc2)c(-c2ccc(OCCN3CCOCC3)cc2)n1. The Morgan fingerprint density at radius 3 is 2.34 bits per heavy atom. The lowest BCUT2D eigenvalue weighted by Crippen LogP contribution is -2.38. The number of aromatic nitrogens is 1. The van der Waals surface area contributed by atoms with Gasteiger partial charge in [0.25, 0.3) is 0 Å². The van der Waals surface area contributed by atoms with E-state index in [1.54, 1.807) is 12.1 Å². The minimum absolute atomic E-state index is 0.258. The second kappa shape index (κ2) is 9.07. The Bertz CT molecular complexity index is 933. The van der Waals surface area contributed by atoms with E-state index in [1.807, 2.05) is 37.3 Å². The third-order valence-corrected chi connectivity index (χ3v) is 5.12. The van der Waals surface area contributed by atoms with E-state index in [0.29, 0.717) is 6.61 Å². The molecule has 0 spiro atoms. The molecule has 0 radical (unpaired) electrons. The molecule has 1 saturated heterocycles. The van der Waals surface area contributed by atoms with Crippen LogP contribution in [-0.2, 0) is 4.74 Å². The number of nitrogens with zero attached hydrogens (tertiary/aromatic N) is 2. The monoisotopic (exact) mass is 390 g/mol. The molecule has 3 aromatic rings. The van der Waals surface area contributed by atoms with Crippen molar-refractivity contribution >= 4 is 0 Å². The van der Waals surface area contributed by atoms with Crippen molar-refractivity contribution in [3.8, 4) is 33.9 Å². The molecule has 5 nitrogen and oxygen atoms in total. The van der Waals surface area contributed by atoms with Gasteiger partial charge in [0.2, 0.25) is 0 Å². The molecule has 5 heteroatoms. The van der Waals surface area contributed by atoms with Crippen LogP contribution in [0.2, 0.25) is 0 Å². The first-order chi connectivity index (χ1) is 14.2. The smallest absolute Gasteiger partial charge is 0.119 e. The fourth-order valence-corrected chi connectivity index (χ4v) is 3.48. The first-order valence-corrected chi connectivity index (χ1v) is 9.99. The molecule has 2 aromatic carbocycles. The molecule has 0 bridgehead atoms. The molecule has 1 N–H and O–H groups in total. The van der Waals surface area contributed by atoms with E-state index < -0.39 is 0 Å². The number of benzene rings is 2.